The van der Waals surface area contributed by atoms with Crippen LogP contribution in [0.4, 0.5) is 0 Å². The van der Waals surface area contributed by atoms with E-state index in [-0.39, 0.29) is 17.3 Å². The van der Waals surface area contributed by atoms with Gasteiger partial charge in [-0.05, 0) is 20.3 Å². The molecular weight excluding hydrogens is 232 g/mol. The van der Waals surface area contributed by atoms with E-state index in [0.29, 0.717) is 12.1 Å². The molecule has 0 aliphatic carbocycles. The Labute approximate surface area is 94.7 Å². The van der Waals surface area contributed by atoms with Crippen LogP contribution in [0.3, 0.4) is 0 Å². The first kappa shape index (κ1) is 13.1. The summed E-state index contributed by atoms with van der Waals surface area (Å²) >= 11 is 0. The van der Waals surface area contributed by atoms with Gasteiger partial charge in [-0.25, -0.2) is 13.1 Å². The number of hydrogen-bond acceptors (Lipinski definition) is 5. The lowest BCUT2D eigenvalue weighted by molar-refractivity contribution is 0.253. The number of nitrogens with zero attached hydrogens (tertiary/aromatic N) is 1. The van der Waals surface area contributed by atoms with Crippen molar-refractivity contribution in [2.45, 2.75) is 38.1 Å². The Morgan fingerprint density at radius 2 is 2.12 bits per heavy atom. The second-order valence-electron chi connectivity index (χ2n) is 3.56. The summed E-state index contributed by atoms with van der Waals surface area (Å²) in [5, 5.41) is 12.5. The van der Waals surface area contributed by atoms with Gasteiger partial charge in [0.25, 0.3) is 0 Å². The van der Waals surface area contributed by atoms with E-state index in [1.54, 1.807) is 13.8 Å². The van der Waals surface area contributed by atoms with Crippen LogP contribution in [0, 0.1) is 13.8 Å². The molecule has 0 bridgehead atoms. The first-order valence-corrected chi connectivity index (χ1v) is 6.46. The summed E-state index contributed by atoms with van der Waals surface area (Å²) in [4.78, 5) is 0.0550. The molecule has 1 heterocycles. The van der Waals surface area contributed by atoms with Crippen molar-refractivity contribution in [3.05, 3.63) is 11.5 Å². The van der Waals surface area contributed by atoms with Gasteiger partial charge in [0, 0.05) is 6.04 Å². The van der Waals surface area contributed by atoms with Crippen LogP contribution in [0.2, 0.25) is 0 Å². The first-order valence-electron chi connectivity index (χ1n) is 4.98. The molecule has 92 valence electrons. The number of aromatic nitrogens is 1. The summed E-state index contributed by atoms with van der Waals surface area (Å²) in [6.45, 7) is 4.65. The number of hydrogen-bond donors (Lipinski definition) is 2. The van der Waals surface area contributed by atoms with Crippen LogP contribution in [0.1, 0.15) is 24.8 Å². The van der Waals surface area contributed by atoms with Crippen molar-refractivity contribution in [2.75, 3.05) is 6.61 Å². The molecule has 6 nitrogen and oxygen atoms in total. The molecule has 0 aromatic carbocycles. The van der Waals surface area contributed by atoms with Crippen molar-refractivity contribution in [2.24, 2.45) is 0 Å². The van der Waals surface area contributed by atoms with Gasteiger partial charge < -0.3 is 9.63 Å². The molecule has 1 rings (SSSR count). The molecule has 0 unspecified atom stereocenters. The third kappa shape index (κ3) is 2.60. The summed E-state index contributed by atoms with van der Waals surface area (Å²) in [6.07, 6.45) is 0.513. The van der Waals surface area contributed by atoms with E-state index in [1.165, 1.54) is 6.92 Å². The van der Waals surface area contributed by atoms with Gasteiger partial charge >= 0.3 is 0 Å². The summed E-state index contributed by atoms with van der Waals surface area (Å²) in [6, 6.07) is -0.487. The number of sulfonamides is 1. The molecule has 1 aromatic heterocycles. The normalized spacial score (nSPS) is 14.0. The smallest absolute Gasteiger partial charge is 0.246 e. The third-order valence-electron chi connectivity index (χ3n) is 2.27. The minimum atomic E-state index is -3.67. The van der Waals surface area contributed by atoms with Crippen molar-refractivity contribution in [3.8, 4) is 0 Å². The minimum absolute atomic E-state index is 0.0550. The van der Waals surface area contributed by atoms with Crippen LogP contribution < -0.4 is 4.72 Å². The molecule has 0 saturated carbocycles. The summed E-state index contributed by atoms with van der Waals surface area (Å²) in [7, 11) is -3.67. The average Bonchev–Trinajstić information content (AvgIpc) is 2.55. The largest absolute Gasteiger partial charge is 0.395 e. The Morgan fingerprint density at radius 3 is 2.50 bits per heavy atom. The lowest BCUT2D eigenvalue weighted by Gasteiger charge is -2.13. The van der Waals surface area contributed by atoms with Crippen LogP contribution >= 0.6 is 0 Å². The maximum absolute atomic E-state index is 11.9. The van der Waals surface area contributed by atoms with E-state index in [1.807, 2.05) is 0 Å². The second-order valence-corrected chi connectivity index (χ2v) is 5.21. The summed E-state index contributed by atoms with van der Waals surface area (Å²) in [5.41, 5.74) is 0.317. The van der Waals surface area contributed by atoms with Gasteiger partial charge in [-0.3, -0.25) is 0 Å². The predicted octanol–water partition coefficient (Wildman–Crippen LogP) is 0.341. The van der Waals surface area contributed by atoms with Gasteiger partial charge in [0.05, 0.1) is 6.61 Å². The Hall–Kier alpha value is -0.920. The number of nitrogens with one attached hydrogen (secondary N) is 1. The molecule has 0 amide bonds. The Kier molecular flexibility index (Phi) is 4.06. The molecule has 7 heteroatoms. The molecular formula is C9H16N2O4S. The molecule has 0 fully saturated rings. The number of aryl methyl sites for hydroxylation is 2. The van der Waals surface area contributed by atoms with Crippen molar-refractivity contribution in [1.82, 2.24) is 9.88 Å². The van der Waals surface area contributed by atoms with Gasteiger partial charge in [-0.1, -0.05) is 12.1 Å². The van der Waals surface area contributed by atoms with E-state index in [0.717, 1.165) is 0 Å². The molecule has 0 spiro atoms. The monoisotopic (exact) mass is 248 g/mol. The molecule has 0 aliphatic rings. The number of aliphatic hydroxyl groups is 1. The standard InChI is InChI=1S/C9H16N2O4S/c1-4-8(5-12)11-16(13,14)9-6(2)10-15-7(9)3/h8,11-12H,4-5H2,1-3H3/t8-/m0/s1. The fourth-order valence-corrected chi connectivity index (χ4v) is 3.03. The first-order chi connectivity index (χ1) is 7.42. The SMILES string of the molecule is CC[C@@H](CO)NS(=O)(=O)c1c(C)noc1C. The fourth-order valence-electron chi connectivity index (χ4n) is 1.39. The zero-order valence-electron chi connectivity index (χ0n) is 9.52. The van der Waals surface area contributed by atoms with Gasteiger partial charge in [0.2, 0.25) is 10.0 Å². The lowest BCUT2D eigenvalue weighted by Crippen LogP contribution is -2.37. The van der Waals surface area contributed by atoms with Gasteiger partial charge in [-0.15, -0.1) is 0 Å². The van der Waals surface area contributed by atoms with E-state index in [4.69, 9.17) is 9.63 Å². The highest BCUT2D eigenvalue weighted by Crippen LogP contribution is 2.18. The predicted molar refractivity (Wildman–Crippen MR) is 57.5 cm³/mol. The van der Waals surface area contributed by atoms with E-state index in [2.05, 4.69) is 9.88 Å². The average molecular weight is 248 g/mol. The third-order valence-corrected chi connectivity index (χ3v) is 4.04. The van der Waals surface area contributed by atoms with E-state index in [9.17, 15) is 8.42 Å². The van der Waals surface area contributed by atoms with Crippen molar-refractivity contribution >= 4 is 10.0 Å². The molecule has 16 heavy (non-hydrogen) atoms. The summed E-state index contributed by atoms with van der Waals surface area (Å²) in [5.74, 6) is 0.248. The molecule has 0 saturated heterocycles. The maximum Gasteiger partial charge on any atom is 0.246 e. The molecule has 2 N–H and O–H groups in total. The lowest BCUT2D eigenvalue weighted by atomic mass is 10.3. The highest BCUT2D eigenvalue weighted by atomic mass is 32.2. The van der Waals surface area contributed by atoms with Crippen LogP contribution in [-0.2, 0) is 10.0 Å². The van der Waals surface area contributed by atoms with E-state index >= 15 is 0 Å². The van der Waals surface area contributed by atoms with Crippen LogP contribution in [-0.4, -0.2) is 31.3 Å². The van der Waals surface area contributed by atoms with Crippen LogP contribution in [0.15, 0.2) is 9.42 Å². The van der Waals surface area contributed by atoms with Crippen molar-refractivity contribution in [1.29, 1.82) is 0 Å². The van der Waals surface area contributed by atoms with Crippen LogP contribution in [0.5, 0.6) is 0 Å². The Morgan fingerprint density at radius 1 is 1.50 bits per heavy atom. The Balaban J connectivity index is 3.03. The van der Waals surface area contributed by atoms with Crippen molar-refractivity contribution < 1.29 is 18.0 Å². The number of rotatable bonds is 5. The molecule has 1 aromatic rings. The van der Waals surface area contributed by atoms with Gasteiger partial charge in [-0.2, -0.15) is 0 Å². The topological polar surface area (TPSA) is 92.4 Å². The highest BCUT2D eigenvalue weighted by molar-refractivity contribution is 7.89. The quantitative estimate of drug-likeness (QED) is 0.784. The second kappa shape index (κ2) is 4.94. The zero-order chi connectivity index (χ0) is 12.3. The fraction of sp³-hybridized carbons (Fsp3) is 0.667. The molecule has 0 aliphatic heterocycles. The van der Waals surface area contributed by atoms with E-state index < -0.39 is 16.1 Å². The molecule has 1 atom stereocenters. The van der Waals surface area contributed by atoms with Crippen molar-refractivity contribution in [3.63, 3.8) is 0 Å². The maximum atomic E-state index is 11.9. The highest BCUT2D eigenvalue weighted by Gasteiger charge is 2.26. The molecule has 0 radical (unpaired) electrons. The van der Waals surface area contributed by atoms with Gasteiger partial charge in [0.15, 0.2) is 5.76 Å². The van der Waals surface area contributed by atoms with Crippen LogP contribution in [0.25, 0.3) is 0 Å². The zero-order valence-corrected chi connectivity index (χ0v) is 10.3. The summed E-state index contributed by atoms with van der Waals surface area (Å²) < 4.78 is 31.1. The minimum Gasteiger partial charge on any atom is -0.395 e. The number of aliphatic hydroxyl groups excluding tert-OH is 1. The Bertz CT molecular complexity index is 429. The van der Waals surface area contributed by atoms with Gasteiger partial charge in [0.1, 0.15) is 10.6 Å².